The van der Waals surface area contributed by atoms with Crippen LogP contribution in [0.3, 0.4) is 0 Å². The lowest BCUT2D eigenvalue weighted by molar-refractivity contribution is 0.597. The molecule has 83 valence electrons. The molecule has 1 radical (unpaired) electrons. The molecule has 0 saturated heterocycles. The fourth-order valence-corrected chi connectivity index (χ4v) is 2.17. The van der Waals surface area contributed by atoms with Crippen LogP contribution in [0.1, 0.15) is 17.9 Å². The highest BCUT2D eigenvalue weighted by molar-refractivity contribution is 7.89. The summed E-state index contributed by atoms with van der Waals surface area (Å²) in [5.41, 5.74) is 1.07. The van der Waals surface area contributed by atoms with Crippen molar-refractivity contribution in [1.29, 1.82) is 0 Å². The Morgan fingerprint density at radius 1 is 1.25 bits per heavy atom. The van der Waals surface area contributed by atoms with Crippen LogP contribution in [0.2, 0.25) is 0 Å². The van der Waals surface area contributed by atoms with Crippen LogP contribution in [0, 0.1) is 6.08 Å². The van der Waals surface area contributed by atoms with Crippen molar-refractivity contribution < 1.29 is 8.42 Å². The maximum absolute atomic E-state index is 11.1. The van der Waals surface area contributed by atoms with E-state index in [-0.39, 0.29) is 10.8 Å². The highest BCUT2D eigenvalue weighted by atomic mass is 32.2. The molecule has 0 heterocycles. The van der Waals surface area contributed by atoms with E-state index in [1.165, 1.54) is 12.1 Å². The number of hydrogen-bond donors (Lipinski definition) is 1. The first-order valence-corrected chi connectivity index (χ1v) is 6.49. The van der Waals surface area contributed by atoms with Gasteiger partial charge in [-0.25, -0.2) is 13.6 Å². The summed E-state index contributed by atoms with van der Waals surface area (Å²) in [7, 11) is -3.59. The van der Waals surface area contributed by atoms with Crippen LogP contribution >= 0.6 is 0 Å². The van der Waals surface area contributed by atoms with E-state index in [1.807, 2.05) is 18.2 Å². The Hall–Kier alpha value is -1.39. The van der Waals surface area contributed by atoms with Crippen molar-refractivity contribution in [3.05, 3.63) is 54.1 Å². The molecule has 1 unspecified atom stereocenters. The molecular formula is C12H12NO2S. The molecule has 16 heavy (non-hydrogen) atoms. The molecule has 2 N–H and O–H groups in total. The van der Waals surface area contributed by atoms with E-state index >= 15 is 0 Å². The first-order valence-electron chi connectivity index (χ1n) is 4.94. The fourth-order valence-electron chi connectivity index (χ4n) is 1.66. The zero-order chi connectivity index (χ0) is 11.6. The van der Waals surface area contributed by atoms with Gasteiger partial charge in [0.25, 0.3) is 0 Å². The lowest BCUT2D eigenvalue weighted by atomic mass is 9.93. The molecule has 1 aromatic rings. The van der Waals surface area contributed by atoms with E-state index in [0.717, 1.165) is 12.0 Å². The third kappa shape index (κ3) is 2.40. The van der Waals surface area contributed by atoms with Gasteiger partial charge in [-0.15, -0.1) is 0 Å². The third-order valence-corrected chi connectivity index (χ3v) is 3.47. The van der Waals surface area contributed by atoms with Gasteiger partial charge >= 0.3 is 0 Å². The van der Waals surface area contributed by atoms with Gasteiger partial charge in [0, 0.05) is 5.92 Å². The number of primary sulfonamides is 1. The van der Waals surface area contributed by atoms with Crippen LogP contribution in [0.15, 0.2) is 47.4 Å². The second-order valence-corrected chi connectivity index (χ2v) is 5.25. The molecule has 0 fully saturated rings. The van der Waals surface area contributed by atoms with Crippen LogP contribution in [0.25, 0.3) is 0 Å². The summed E-state index contributed by atoms with van der Waals surface area (Å²) in [6, 6.07) is 6.66. The van der Waals surface area contributed by atoms with Gasteiger partial charge in [0.15, 0.2) is 0 Å². The summed E-state index contributed by atoms with van der Waals surface area (Å²) >= 11 is 0. The van der Waals surface area contributed by atoms with E-state index in [2.05, 4.69) is 6.08 Å². The molecule has 1 aliphatic rings. The van der Waals surface area contributed by atoms with Crippen molar-refractivity contribution in [3.63, 3.8) is 0 Å². The van der Waals surface area contributed by atoms with E-state index in [9.17, 15) is 8.42 Å². The predicted octanol–water partition coefficient (Wildman–Crippen LogP) is 1.74. The molecule has 2 rings (SSSR count). The Bertz CT molecular complexity index is 527. The standard InChI is InChI=1S/C12H12NO2S/c13-16(14,15)12-8-6-11(7-9-12)10-4-2-1-3-5-10/h1-2,5-10H,4H2,(H2,13,14,15). The summed E-state index contributed by atoms with van der Waals surface area (Å²) in [6.07, 6.45) is 9.85. The number of rotatable bonds is 2. The molecule has 1 atom stereocenters. The minimum atomic E-state index is -3.59. The van der Waals surface area contributed by atoms with E-state index in [0.29, 0.717) is 0 Å². The topological polar surface area (TPSA) is 60.2 Å². The fraction of sp³-hybridized carbons (Fsp3) is 0.167. The first kappa shape index (κ1) is 11.1. The Morgan fingerprint density at radius 2 is 1.94 bits per heavy atom. The monoisotopic (exact) mass is 234 g/mol. The molecule has 4 heteroatoms. The minimum Gasteiger partial charge on any atom is -0.225 e. The summed E-state index contributed by atoms with van der Waals surface area (Å²) < 4.78 is 22.1. The zero-order valence-electron chi connectivity index (χ0n) is 8.63. The number of benzene rings is 1. The minimum absolute atomic E-state index is 0.149. The second kappa shape index (κ2) is 4.23. The van der Waals surface area contributed by atoms with E-state index in [1.54, 1.807) is 12.1 Å². The summed E-state index contributed by atoms with van der Waals surface area (Å²) in [5.74, 6) is 0.277. The van der Waals surface area contributed by atoms with Gasteiger partial charge in [-0.05, 0) is 30.2 Å². The number of hydrogen-bond acceptors (Lipinski definition) is 2. The van der Waals surface area contributed by atoms with Crippen molar-refractivity contribution in [2.45, 2.75) is 17.2 Å². The second-order valence-electron chi connectivity index (χ2n) is 3.69. The van der Waals surface area contributed by atoms with Crippen LogP contribution in [-0.4, -0.2) is 8.42 Å². The first-order chi connectivity index (χ1) is 7.57. The molecule has 3 nitrogen and oxygen atoms in total. The number of allylic oxidation sites excluding steroid dienone is 4. The van der Waals surface area contributed by atoms with Crippen molar-refractivity contribution in [2.75, 3.05) is 0 Å². The Balaban J connectivity index is 2.26. The van der Waals surface area contributed by atoms with Gasteiger partial charge in [0.05, 0.1) is 4.90 Å². The van der Waals surface area contributed by atoms with Gasteiger partial charge in [-0.2, -0.15) is 0 Å². The maximum atomic E-state index is 11.1. The Kier molecular flexibility index (Phi) is 2.94. The lowest BCUT2D eigenvalue weighted by Crippen LogP contribution is -2.12. The molecule has 1 aromatic carbocycles. The largest absolute Gasteiger partial charge is 0.238 e. The van der Waals surface area contributed by atoms with Crippen LogP contribution in [0.4, 0.5) is 0 Å². The lowest BCUT2D eigenvalue weighted by Gasteiger charge is -2.13. The highest BCUT2D eigenvalue weighted by Gasteiger charge is 2.11. The van der Waals surface area contributed by atoms with E-state index < -0.39 is 10.0 Å². The van der Waals surface area contributed by atoms with E-state index in [4.69, 9.17) is 5.14 Å². The number of sulfonamides is 1. The highest BCUT2D eigenvalue weighted by Crippen LogP contribution is 2.24. The van der Waals surface area contributed by atoms with Crippen LogP contribution in [0.5, 0.6) is 0 Å². The van der Waals surface area contributed by atoms with Crippen LogP contribution < -0.4 is 5.14 Å². The van der Waals surface area contributed by atoms with Crippen molar-refractivity contribution in [1.82, 2.24) is 0 Å². The average molecular weight is 234 g/mol. The van der Waals surface area contributed by atoms with Gasteiger partial charge in [-0.1, -0.05) is 30.4 Å². The van der Waals surface area contributed by atoms with Gasteiger partial charge in [0.1, 0.15) is 0 Å². The van der Waals surface area contributed by atoms with Crippen molar-refractivity contribution in [3.8, 4) is 0 Å². The smallest absolute Gasteiger partial charge is 0.225 e. The quantitative estimate of drug-likeness (QED) is 0.847. The number of nitrogens with two attached hydrogens (primary N) is 1. The predicted molar refractivity (Wildman–Crippen MR) is 62.1 cm³/mol. The molecule has 0 amide bonds. The molecule has 0 aliphatic heterocycles. The maximum Gasteiger partial charge on any atom is 0.238 e. The molecule has 1 aliphatic carbocycles. The van der Waals surface area contributed by atoms with Crippen molar-refractivity contribution >= 4 is 10.0 Å². The summed E-state index contributed by atoms with van der Waals surface area (Å²) in [6.45, 7) is 0. The van der Waals surface area contributed by atoms with Gasteiger partial charge < -0.3 is 0 Å². The SMILES string of the molecule is NS(=O)(=O)c1ccc(C2C=[C]C=CC2)cc1. The van der Waals surface area contributed by atoms with Crippen LogP contribution in [-0.2, 0) is 10.0 Å². The Morgan fingerprint density at radius 3 is 2.44 bits per heavy atom. The normalized spacial score (nSPS) is 19.9. The molecule has 0 saturated carbocycles. The average Bonchev–Trinajstić information content (AvgIpc) is 2.29. The third-order valence-electron chi connectivity index (χ3n) is 2.54. The summed E-state index contributed by atoms with van der Waals surface area (Å²) in [5, 5.41) is 5.03. The van der Waals surface area contributed by atoms with Gasteiger partial charge in [-0.3, -0.25) is 0 Å². The summed E-state index contributed by atoms with van der Waals surface area (Å²) in [4.78, 5) is 0.149. The Labute approximate surface area is 95.3 Å². The zero-order valence-corrected chi connectivity index (χ0v) is 9.44. The molecular weight excluding hydrogens is 222 g/mol. The molecule has 0 aromatic heterocycles. The van der Waals surface area contributed by atoms with Crippen molar-refractivity contribution in [2.24, 2.45) is 5.14 Å². The molecule has 0 bridgehead atoms. The van der Waals surface area contributed by atoms with Gasteiger partial charge in [0.2, 0.25) is 10.0 Å². The molecule has 0 spiro atoms.